The van der Waals surface area contributed by atoms with Crippen molar-refractivity contribution in [3.8, 4) is 57.0 Å². The molecule has 0 atom stereocenters. The lowest BCUT2D eigenvalue weighted by molar-refractivity contribution is 0.669. The fraction of sp³-hybridized carbons (Fsp3) is 0. The first-order valence-electron chi connectivity index (χ1n) is 17.1. The van der Waals surface area contributed by atoms with Gasteiger partial charge in [0.15, 0.2) is 17.5 Å². The predicted molar refractivity (Wildman–Crippen MR) is 208 cm³/mol. The van der Waals surface area contributed by atoms with Crippen molar-refractivity contribution >= 4 is 43.7 Å². The first kappa shape index (κ1) is 29.5. The monoisotopic (exact) mass is 665 g/mol. The molecule has 0 saturated heterocycles. The molecule has 0 N–H and O–H groups in total. The summed E-state index contributed by atoms with van der Waals surface area (Å²) in [5.74, 6) is 1.75. The van der Waals surface area contributed by atoms with Crippen LogP contribution in [0.5, 0.6) is 0 Å². The Morgan fingerprint density at radius 1 is 0.442 bits per heavy atom. The summed E-state index contributed by atoms with van der Waals surface area (Å²) in [4.78, 5) is 14.9. The maximum atomic E-state index is 9.92. The Labute approximate surface area is 298 Å². The minimum absolute atomic E-state index is 0.558. The second kappa shape index (κ2) is 11.9. The number of hydrogen-bond acceptors (Lipinski definition) is 5. The summed E-state index contributed by atoms with van der Waals surface area (Å²) >= 11 is 0. The van der Waals surface area contributed by atoms with Crippen molar-refractivity contribution in [2.24, 2.45) is 0 Å². The molecule has 0 aliphatic rings. The molecule has 0 aliphatic carbocycles. The number of rotatable bonds is 5. The number of fused-ring (bicyclic) bond motifs is 6. The molecule has 3 heterocycles. The smallest absolute Gasteiger partial charge is 0.164 e. The van der Waals surface area contributed by atoms with E-state index in [1.807, 2.05) is 103 Å². The molecule has 10 aromatic rings. The summed E-state index contributed by atoms with van der Waals surface area (Å²) in [6.07, 6.45) is 0. The van der Waals surface area contributed by atoms with Crippen molar-refractivity contribution in [2.75, 3.05) is 0 Å². The van der Waals surface area contributed by atoms with Crippen LogP contribution in [0.25, 0.3) is 94.7 Å². The fourth-order valence-electron chi connectivity index (χ4n) is 7.24. The van der Waals surface area contributed by atoms with E-state index in [2.05, 4.69) is 71.3 Å². The van der Waals surface area contributed by atoms with E-state index in [1.54, 1.807) is 0 Å². The third-order valence-electron chi connectivity index (χ3n) is 9.67. The molecular formula is C46H27N5O. The predicted octanol–water partition coefficient (Wildman–Crippen LogP) is 11.4. The first-order valence-corrected chi connectivity index (χ1v) is 17.1. The maximum absolute atomic E-state index is 9.92. The molecular weight excluding hydrogens is 639 g/mol. The molecule has 0 spiro atoms. The minimum Gasteiger partial charge on any atom is -0.456 e. The summed E-state index contributed by atoms with van der Waals surface area (Å²) in [5, 5.41) is 14.4. The molecule has 242 valence electrons. The van der Waals surface area contributed by atoms with E-state index in [0.29, 0.717) is 23.0 Å². The van der Waals surface area contributed by atoms with Gasteiger partial charge in [-0.2, -0.15) is 5.26 Å². The molecule has 6 nitrogen and oxygen atoms in total. The highest BCUT2D eigenvalue weighted by atomic mass is 16.3. The summed E-state index contributed by atoms with van der Waals surface area (Å²) < 4.78 is 8.69. The van der Waals surface area contributed by atoms with Crippen LogP contribution >= 0.6 is 0 Å². The van der Waals surface area contributed by atoms with Crippen molar-refractivity contribution in [1.82, 2.24) is 19.5 Å². The quantitative estimate of drug-likeness (QED) is 0.183. The van der Waals surface area contributed by atoms with E-state index in [0.717, 1.165) is 77.2 Å². The number of benzene rings is 7. The van der Waals surface area contributed by atoms with E-state index in [1.165, 1.54) is 0 Å². The van der Waals surface area contributed by atoms with Gasteiger partial charge in [-0.25, -0.2) is 15.0 Å². The summed E-state index contributed by atoms with van der Waals surface area (Å²) in [6.45, 7) is 0. The second-order valence-electron chi connectivity index (χ2n) is 12.8. The van der Waals surface area contributed by atoms with Crippen LogP contribution in [0, 0.1) is 11.3 Å². The largest absolute Gasteiger partial charge is 0.456 e. The van der Waals surface area contributed by atoms with Crippen LogP contribution in [0.4, 0.5) is 0 Å². The Morgan fingerprint density at radius 3 is 1.81 bits per heavy atom. The topological polar surface area (TPSA) is 80.5 Å². The zero-order valence-corrected chi connectivity index (χ0v) is 27.7. The molecule has 7 aromatic carbocycles. The average Bonchev–Trinajstić information content (AvgIpc) is 3.75. The molecule has 0 saturated carbocycles. The molecule has 0 aliphatic heterocycles. The van der Waals surface area contributed by atoms with Crippen molar-refractivity contribution in [2.45, 2.75) is 0 Å². The Bertz CT molecular complexity index is 2970. The first-order chi connectivity index (χ1) is 25.7. The zero-order chi connectivity index (χ0) is 34.6. The van der Waals surface area contributed by atoms with E-state index < -0.39 is 0 Å². The number of aromatic nitrogens is 4. The highest BCUT2D eigenvalue weighted by molar-refractivity contribution is 6.17. The Morgan fingerprint density at radius 2 is 1.08 bits per heavy atom. The van der Waals surface area contributed by atoms with Gasteiger partial charge in [-0.1, -0.05) is 109 Å². The Hall–Kier alpha value is -7.36. The molecule has 3 aromatic heterocycles. The van der Waals surface area contributed by atoms with Crippen molar-refractivity contribution in [1.29, 1.82) is 5.26 Å². The molecule has 6 heteroatoms. The van der Waals surface area contributed by atoms with Gasteiger partial charge >= 0.3 is 0 Å². The molecule has 0 radical (unpaired) electrons. The van der Waals surface area contributed by atoms with Crippen LogP contribution in [-0.4, -0.2) is 19.5 Å². The highest BCUT2D eigenvalue weighted by Crippen LogP contribution is 2.41. The maximum Gasteiger partial charge on any atom is 0.164 e. The number of furan rings is 1. The van der Waals surface area contributed by atoms with Crippen LogP contribution in [-0.2, 0) is 0 Å². The van der Waals surface area contributed by atoms with Crippen LogP contribution in [0.3, 0.4) is 0 Å². The summed E-state index contributed by atoms with van der Waals surface area (Å²) in [5.41, 5.74) is 9.81. The van der Waals surface area contributed by atoms with Gasteiger partial charge < -0.3 is 8.98 Å². The Balaban J connectivity index is 1.25. The van der Waals surface area contributed by atoms with Gasteiger partial charge in [-0.05, 0) is 54.1 Å². The third kappa shape index (κ3) is 4.84. The standard InChI is InChI=1S/C46H27N5O/c47-28-29-12-11-17-32(24-29)36-25-33(46-49-44(30-13-3-1-4-14-30)48-45(50-46)31-15-5-2-6-16-31)22-23-40(36)51-39-20-9-7-18-34(39)37-26-38-35-19-8-10-21-42(35)52-43(38)27-41(37)51/h1-27H. The van der Waals surface area contributed by atoms with E-state index in [-0.39, 0.29) is 0 Å². The van der Waals surface area contributed by atoms with Gasteiger partial charge in [0.05, 0.1) is 28.4 Å². The number of para-hydroxylation sites is 2. The molecule has 0 bridgehead atoms. The second-order valence-corrected chi connectivity index (χ2v) is 12.8. The lowest BCUT2D eigenvalue weighted by Gasteiger charge is -2.16. The van der Waals surface area contributed by atoms with Crippen LogP contribution < -0.4 is 0 Å². The van der Waals surface area contributed by atoms with E-state index in [9.17, 15) is 5.26 Å². The summed E-state index contributed by atoms with van der Waals surface area (Å²) in [7, 11) is 0. The van der Waals surface area contributed by atoms with Gasteiger partial charge in [0.1, 0.15) is 11.2 Å². The number of nitriles is 1. The van der Waals surface area contributed by atoms with Crippen molar-refractivity contribution in [3.05, 3.63) is 169 Å². The highest BCUT2D eigenvalue weighted by Gasteiger charge is 2.20. The van der Waals surface area contributed by atoms with Gasteiger partial charge in [-0.3, -0.25) is 0 Å². The molecule has 0 unspecified atom stereocenters. The molecule has 0 fully saturated rings. The lowest BCUT2D eigenvalue weighted by atomic mass is 9.98. The SMILES string of the molecule is N#Cc1cccc(-c2cc(-c3nc(-c4ccccc4)nc(-c4ccccc4)n3)ccc2-n2c3ccccc3c3cc4c(cc32)oc2ccccc24)c1. The minimum atomic E-state index is 0.558. The van der Waals surface area contributed by atoms with Crippen LogP contribution in [0.15, 0.2) is 168 Å². The van der Waals surface area contributed by atoms with E-state index >= 15 is 0 Å². The van der Waals surface area contributed by atoms with Gasteiger partial charge in [0.25, 0.3) is 0 Å². The van der Waals surface area contributed by atoms with Gasteiger partial charge in [0, 0.05) is 49.9 Å². The number of hydrogen-bond donors (Lipinski definition) is 0. The van der Waals surface area contributed by atoms with Crippen molar-refractivity contribution in [3.63, 3.8) is 0 Å². The van der Waals surface area contributed by atoms with Crippen LogP contribution in [0.1, 0.15) is 5.56 Å². The molecule has 10 rings (SSSR count). The van der Waals surface area contributed by atoms with Crippen LogP contribution in [0.2, 0.25) is 0 Å². The normalized spacial score (nSPS) is 11.4. The van der Waals surface area contributed by atoms with Gasteiger partial charge in [-0.15, -0.1) is 0 Å². The Kier molecular flexibility index (Phi) is 6.76. The number of nitrogens with zero attached hydrogens (tertiary/aromatic N) is 5. The fourth-order valence-corrected chi connectivity index (χ4v) is 7.24. The third-order valence-corrected chi connectivity index (χ3v) is 9.67. The van der Waals surface area contributed by atoms with Gasteiger partial charge in [0.2, 0.25) is 0 Å². The zero-order valence-electron chi connectivity index (χ0n) is 27.7. The lowest BCUT2D eigenvalue weighted by Crippen LogP contribution is -2.02. The summed E-state index contributed by atoms with van der Waals surface area (Å²) in [6, 6.07) is 57.4. The average molecular weight is 666 g/mol. The van der Waals surface area contributed by atoms with Crippen molar-refractivity contribution < 1.29 is 4.42 Å². The van der Waals surface area contributed by atoms with E-state index in [4.69, 9.17) is 19.4 Å². The molecule has 0 amide bonds. The molecule has 52 heavy (non-hydrogen) atoms.